The molecule has 0 bridgehead atoms. The SMILES string of the molecule is CCc1ccc(NC(=O)CCn2c(C)nc3c(cnn3-c3ccccc3)c2=O)cc1. The lowest BCUT2D eigenvalue weighted by Gasteiger charge is -2.11. The van der Waals surface area contributed by atoms with Gasteiger partial charge in [0.05, 0.1) is 11.9 Å². The van der Waals surface area contributed by atoms with Crippen LogP contribution in [0, 0.1) is 6.92 Å². The van der Waals surface area contributed by atoms with Gasteiger partial charge < -0.3 is 5.32 Å². The van der Waals surface area contributed by atoms with Crippen LogP contribution >= 0.6 is 0 Å². The molecule has 0 fully saturated rings. The van der Waals surface area contributed by atoms with Gasteiger partial charge in [0, 0.05) is 18.7 Å². The second kappa shape index (κ2) is 8.32. The molecule has 30 heavy (non-hydrogen) atoms. The largest absolute Gasteiger partial charge is 0.326 e. The van der Waals surface area contributed by atoms with E-state index in [0.717, 1.165) is 17.8 Å². The maximum absolute atomic E-state index is 13.0. The first kappa shape index (κ1) is 19.6. The number of hydrogen-bond donors (Lipinski definition) is 1. The summed E-state index contributed by atoms with van der Waals surface area (Å²) in [5, 5.41) is 7.64. The summed E-state index contributed by atoms with van der Waals surface area (Å²) in [4.78, 5) is 29.9. The molecule has 2 aromatic heterocycles. The fourth-order valence-electron chi connectivity index (χ4n) is 3.39. The quantitative estimate of drug-likeness (QED) is 0.536. The highest BCUT2D eigenvalue weighted by molar-refractivity contribution is 5.90. The van der Waals surface area contributed by atoms with Crippen LogP contribution in [-0.2, 0) is 17.8 Å². The molecular formula is C23H23N5O2. The van der Waals surface area contributed by atoms with Crippen molar-refractivity contribution >= 4 is 22.6 Å². The van der Waals surface area contributed by atoms with Crippen LogP contribution in [0.1, 0.15) is 24.7 Å². The normalized spacial score (nSPS) is 11.0. The minimum absolute atomic E-state index is 0.148. The summed E-state index contributed by atoms with van der Waals surface area (Å²) in [7, 11) is 0. The number of carbonyl (C=O) groups excluding carboxylic acids is 1. The highest BCUT2D eigenvalue weighted by atomic mass is 16.2. The minimum atomic E-state index is -0.195. The lowest BCUT2D eigenvalue weighted by molar-refractivity contribution is -0.116. The van der Waals surface area contributed by atoms with E-state index < -0.39 is 0 Å². The topological polar surface area (TPSA) is 81.8 Å². The maximum Gasteiger partial charge on any atom is 0.264 e. The molecule has 1 amide bonds. The van der Waals surface area contributed by atoms with E-state index in [9.17, 15) is 9.59 Å². The molecule has 0 saturated heterocycles. The lowest BCUT2D eigenvalue weighted by atomic mass is 10.1. The Balaban J connectivity index is 1.53. The number of rotatable bonds is 6. The number of nitrogens with zero attached hydrogens (tertiary/aromatic N) is 4. The molecule has 0 radical (unpaired) electrons. The lowest BCUT2D eigenvalue weighted by Crippen LogP contribution is -2.26. The molecule has 152 valence electrons. The molecule has 2 heterocycles. The number of benzene rings is 2. The van der Waals surface area contributed by atoms with E-state index in [-0.39, 0.29) is 24.4 Å². The second-order valence-electron chi connectivity index (χ2n) is 7.09. The van der Waals surface area contributed by atoms with Crippen molar-refractivity contribution in [3.63, 3.8) is 0 Å². The minimum Gasteiger partial charge on any atom is -0.326 e. The average Bonchev–Trinajstić information content (AvgIpc) is 3.18. The van der Waals surface area contributed by atoms with Crippen molar-refractivity contribution in [1.29, 1.82) is 0 Å². The van der Waals surface area contributed by atoms with E-state index in [1.165, 1.54) is 16.3 Å². The van der Waals surface area contributed by atoms with E-state index in [4.69, 9.17) is 0 Å². The Bertz CT molecular complexity index is 1240. The molecule has 7 heteroatoms. The van der Waals surface area contributed by atoms with Gasteiger partial charge in [0.25, 0.3) is 5.56 Å². The molecule has 1 N–H and O–H groups in total. The maximum atomic E-state index is 13.0. The molecule has 0 spiro atoms. The summed E-state index contributed by atoms with van der Waals surface area (Å²) in [6.07, 6.45) is 2.66. The number of nitrogens with one attached hydrogen (secondary N) is 1. The second-order valence-corrected chi connectivity index (χ2v) is 7.09. The van der Waals surface area contributed by atoms with Crippen molar-refractivity contribution in [2.75, 3.05) is 5.32 Å². The molecule has 0 atom stereocenters. The van der Waals surface area contributed by atoms with Gasteiger partial charge in [-0.3, -0.25) is 14.2 Å². The van der Waals surface area contributed by atoms with Gasteiger partial charge in [0.1, 0.15) is 11.2 Å². The van der Waals surface area contributed by atoms with Gasteiger partial charge in [0.15, 0.2) is 5.65 Å². The van der Waals surface area contributed by atoms with E-state index in [2.05, 4.69) is 22.3 Å². The average molecular weight is 401 g/mol. The van der Waals surface area contributed by atoms with Crippen molar-refractivity contribution in [2.24, 2.45) is 0 Å². The third kappa shape index (κ3) is 3.87. The number of aromatic nitrogens is 4. The number of hydrogen-bond acceptors (Lipinski definition) is 4. The summed E-state index contributed by atoms with van der Waals surface area (Å²) in [5.41, 5.74) is 3.12. The number of aryl methyl sites for hydroxylation is 2. The van der Waals surface area contributed by atoms with Gasteiger partial charge in [-0.15, -0.1) is 0 Å². The Hall–Kier alpha value is -3.74. The zero-order chi connectivity index (χ0) is 21.1. The smallest absolute Gasteiger partial charge is 0.264 e. The van der Waals surface area contributed by atoms with Crippen LogP contribution in [0.4, 0.5) is 5.69 Å². The van der Waals surface area contributed by atoms with Crippen LogP contribution < -0.4 is 10.9 Å². The number of carbonyl (C=O) groups is 1. The molecule has 0 saturated carbocycles. The highest BCUT2D eigenvalue weighted by Crippen LogP contribution is 2.15. The molecular weight excluding hydrogens is 378 g/mol. The number of amides is 1. The standard InChI is InChI=1S/C23H23N5O2/c1-3-17-9-11-18(12-10-17)26-21(29)13-14-27-16(2)25-22-20(23(27)30)15-24-28(22)19-7-5-4-6-8-19/h4-12,15H,3,13-14H2,1-2H3,(H,26,29). The van der Waals surface area contributed by atoms with Crippen LogP contribution in [0.25, 0.3) is 16.7 Å². The van der Waals surface area contributed by atoms with Crippen molar-refractivity contribution in [3.05, 3.63) is 82.5 Å². The Labute approximate surface area is 174 Å². The Kier molecular flexibility index (Phi) is 5.43. The predicted octanol–water partition coefficient (Wildman–Crippen LogP) is 3.48. The first-order valence-corrected chi connectivity index (χ1v) is 9.96. The van der Waals surface area contributed by atoms with Gasteiger partial charge in [-0.05, 0) is 43.2 Å². The fourth-order valence-corrected chi connectivity index (χ4v) is 3.39. The van der Waals surface area contributed by atoms with Crippen molar-refractivity contribution in [2.45, 2.75) is 33.2 Å². The highest BCUT2D eigenvalue weighted by Gasteiger charge is 2.15. The van der Waals surface area contributed by atoms with Crippen LogP contribution in [0.15, 0.2) is 65.6 Å². The number of fused-ring (bicyclic) bond motifs is 1. The molecule has 7 nitrogen and oxygen atoms in total. The Morgan fingerprint density at radius 3 is 2.50 bits per heavy atom. The van der Waals surface area contributed by atoms with Crippen LogP contribution in [-0.4, -0.2) is 25.2 Å². The van der Waals surface area contributed by atoms with Gasteiger partial charge in [-0.2, -0.15) is 5.10 Å². The summed E-state index contributed by atoms with van der Waals surface area (Å²) >= 11 is 0. The molecule has 0 unspecified atom stereocenters. The zero-order valence-electron chi connectivity index (χ0n) is 17.0. The van der Waals surface area contributed by atoms with E-state index >= 15 is 0 Å². The monoisotopic (exact) mass is 401 g/mol. The fraction of sp³-hybridized carbons (Fsp3) is 0.217. The van der Waals surface area contributed by atoms with Crippen LogP contribution in [0.2, 0.25) is 0 Å². The number of anilines is 1. The first-order valence-electron chi connectivity index (χ1n) is 9.96. The van der Waals surface area contributed by atoms with Crippen molar-refractivity contribution in [1.82, 2.24) is 19.3 Å². The third-order valence-corrected chi connectivity index (χ3v) is 5.09. The summed E-state index contributed by atoms with van der Waals surface area (Å²) in [5.74, 6) is 0.399. The molecule has 0 aliphatic rings. The van der Waals surface area contributed by atoms with Crippen molar-refractivity contribution in [3.8, 4) is 5.69 Å². The molecule has 4 rings (SSSR count). The first-order chi connectivity index (χ1) is 14.6. The number of para-hydroxylation sites is 1. The Morgan fingerprint density at radius 2 is 1.80 bits per heavy atom. The van der Waals surface area contributed by atoms with Crippen LogP contribution in [0.5, 0.6) is 0 Å². The van der Waals surface area contributed by atoms with Crippen molar-refractivity contribution < 1.29 is 4.79 Å². The van der Waals surface area contributed by atoms with E-state index in [1.54, 1.807) is 11.6 Å². The summed E-state index contributed by atoms with van der Waals surface area (Å²) in [6.45, 7) is 4.11. The zero-order valence-corrected chi connectivity index (χ0v) is 17.0. The molecule has 4 aromatic rings. The Morgan fingerprint density at radius 1 is 1.07 bits per heavy atom. The summed E-state index contributed by atoms with van der Waals surface area (Å²) < 4.78 is 3.18. The van der Waals surface area contributed by atoms with E-state index in [0.29, 0.717) is 16.9 Å². The van der Waals surface area contributed by atoms with E-state index in [1.807, 2.05) is 54.6 Å². The predicted molar refractivity (Wildman–Crippen MR) is 117 cm³/mol. The van der Waals surface area contributed by atoms with Gasteiger partial charge in [-0.1, -0.05) is 37.3 Å². The van der Waals surface area contributed by atoms with Gasteiger partial charge in [-0.25, -0.2) is 9.67 Å². The van der Waals surface area contributed by atoms with Gasteiger partial charge >= 0.3 is 0 Å². The molecule has 0 aliphatic heterocycles. The summed E-state index contributed by atoms with van der Waals surface area (Å²) in [6, 6.07) is 17.3. The molecule has 2 aromatic carbocycles. The molecule has 0 aliphatic carbocycles. The van der Waals surface area contributed by atoms with Crippen LogP contribution in [0.3, 0.4) is 0 Å². The third-order valence-electron chi connectivity index (χ3n) is 5.09. The van der Waals surface area contributed by atoms with Gasteiger partial charge in [0.2, 0.25) is 5.91 Å².